The van der Waals surface area contributed by atoms with Crippen molar-refractivity contribution in [3.8, 4) is 0 Å². The van der Waals surface area contributed by atoms with Gasteiger partial charge in [-0.3, -0.25) is 0 Å². The Hall–Kier alpha value is 0.314. The summed E-state index contributed by atoms with van der Waals surface area (Å²) >= 11 is 0. The van der Waals surface area contributed by atoms with E-state index in [2.05, 4.69) is 33.9 Å². The summed E-state index contributed by atoms with van der Waals surface area (Å²) in [6.07, 6.45) is 1.22. The monoisotopic (exact) mass is 290 g/mol. The van der Waals surface area contributed by atoms with Crippen LogP contribution in [0, 0.1) is 5.92 Å². The summed E-state index contributed by atoms with van der Waals surface area (Å²) in [6, 6.07) is 2.64. The molecule has 0 aromatic rings. The standard InChI is InChI=1S/C13H30O3Si2/c1-8-12(3)16-18(14-4,15-5)13-10-17(6,7)9-11(13)2/h11-13H,8-10H2,1-7H3. The van der Waals surface area contributed by atoms with Gasteiger partial charge in [0.05, 0.1) is 0 Å². The Morgan fingerprint density at radius 2 is 1.78 bits per heavy atom. The van der Waals surface area contributed by atoms with Crippen molar-refractivity contribution in [3.05, 3.63) is 0 Å². The first-order valence-corrected chi connectivity index (χ1v) is 12.3. The first-order chi connectivity index (χ1) is 8.30. The third kappa shape index (κ3) is 3.45. The molecular weight excluding hydrogens is 260 g/mol. The van der Waals surface area contributed by atoms with Crippen molar-refractivity contribution in [2.45, 2.75) is 64.0 Å². The van der Waals surface area contributed by atoms with Gasteiger partial charge in [0.25, 0.3) is 0 Å². The molecule has 1 aliphatic rings. The summed E-state index contributed by atoms with van der Waals surface area (Å²) in [4.78, 5) is 0. The maximum Gasteiger partial charge on any atom is 0.503 e. The summed E-state index contributed by atoms with van der Waals surface area (Å²) < 4.78 is 17.9. The van der Waals surface area contributed by atoms with Crippen LogP contribution in [-0.2, 0) is 13.3 Å². The van der Waals surface area contributed by atoms with E-state index in [4.69, 9.17) is 13.3 Å². The van der Waals surface area contributed by atoms with E-state index in [1.807, 2.05) is 0 Å². The second-order valence-corrected chi connectivity index (χ2v) is 14.7. The van der Waals surface area contributed by atoms with E-state index in [1.165, 1.54) is 12.1 Å². The molecule has 0 bridgehead atoms. The third-order valence-electron chi connectivity index (χ3n) is 4.30. The highest BCUT2D eigenvalue weighted by molar-refractivity contribution is 6.80. The maximum absolute atomic E-state index is 6.25. The van der Waals surface area contributed by atoms with Crippen LogP contribution in [0.2, 0.25) is 30.7 Å². The van der Waals surface area contributed by atoms with Gasteiger partial charge in [0.1, 0.15) is 0 Å². The molecule has 1 fully saturated rings. The van der Waals surface area contributed by atoms with Gasteiger partial charge in [-0.2, -0.15) is 0 Å². The molecule has 108 valence electrons. The van der Waals surface area contributed by atoms with Crippen molar-refractivity contribution in [1.29, 1.82) is 0 Å². The molecular formula is C13H30O3Si2. The van der Waals surface area contributed by atoms with Crippen molar-refractivity contribution >= 4 is 16.9 Å². The van der Waals surface area contributed by atoms with Gasteiger partial charge in [-0.1, -0.05) is 33.0 Å². The Labute approximate surface area is 115 Å². The predicted molar refractivity (Wildman–Crippen MR) is 80.6 cm³/mol. The highest BCUT2D eigenvalue weighted by Crippen LogP contribution is 2.49. The molecule has 0 aromatic carbocycles. The molecule has 0 spiro atoms. The van der Waals surface area contributed by atoms with Crippen LogP contribution in [0.25, 0.3) is 0 Å². The normalized spacial score (nSPS) is 29.5. The van der Waals surface area contributed by atoms with Crippen LogP contribution in [0.3, 0.4) is 0 Å². The predicted octanol–water partition coefficient (Wildman–Crippen LogP) is 3.76. The van der Waals surface area contributed by atoms with E-state index < -0.39 is 16.9 Å². The molecule has 0 aliphatic carbocycles. The Balaban J connectivity index is 2.90. The van der Waals surface area contributed by atoms with Gasteiger partial charge in [0, 0.05) is 33.9 Å². The quantitative estimate of drug-likeness (QED) is 0.697. The molecule has 5 heteroatoms. The average molecular weight is 291 g/mol. The average Bonchev–Trinajstić information content (AvgIpc) is 2.60. The van der Waals surface area contributed by atoms with Gasteiger partial charge >= 0.3 is 8.80 Å². The third-order valence-corrected chi connectivity index (χ3v) is 11.6. The molecule has 3 unspecified atom stereocenters. The fourth-order valence-corrected chi connectivity index (χ4v) is 12.7. The van der Waals surface area contributed by atoms with E-state index in [0.717, 1.165) is 6.42 Å². The summed E-state index contributed by atoms with van der Waals surface area (Å²) in [5.74, 6) is 0.669. The lowest BCUT2D eigenvalue weighted by Crippen LogP contribution is -2.51. The number of rotatable bonds is 6. The smallest absolute Gasteiger partial charge is 0.377 e. The molecule has 1 aliphatic heterocycles. The summed E-state index contributed by atoms with van der Waals surface area (Å²) in [5, 5.41) is 0. The zero-order chi connectivity index (χ0) is 14.0. The van der Waals surface area contributed by atoms with Gasteiger partial charge in [-0.25, -0.2) is 0 Å². The van der Waals surface area contributed by atoms with Crippen LogP contribution in [-0.4, -0.2) is 37.2 Å². The summed E-state index contributed by atoms with van der Waals surface area (Å²) in [6.45, 7) is 11.5. The molecule has 0 saturated carbocycles. The first-order valence-electron chi connectivity index (χ1n) is 7.08. The fraction of sp³-hybridized carbons (Fsp3) is 1.00. The van der Waals surface area contributed by atoms with Gasteiger partial charge in [0.15, 0.2) is 0 Å². The van der Waals surface area contributed by atoms with Gasteiger partial charge < -0.3 is 13.3 Å². The van der Waals surface area contributed by atoms with E-state index in [9.17, 15) is 0 Å². The van der Waals surface area contributed by atoms with Gasteiger partial charge in [-0.05, 0) is 25.3 Å². The fourth-order valence-electron chi connectivity index (χ4n) is 3.30. The Morgan fingerprint density at radius 3 is 2.11 bits per heavy atom. The minimum atomic E-state index is -2.51. The molecule has 3 atom stereocenters. The van der Waals surface area contributed by atoms with E-state index in [-0.39, 0.29) is 6.10 Å². The van der Waals surface area contributed by atoms with E-state index in [1.54, 1.807) is 14.2 Å². The van der Waals surface area contributed by atoms with Crippen molar-refractivity contribution in [2.24, 2.45) is 5.92 Å². The van der Waals surface area contributed by atoms with Crippen LogP contribution in [0.5, 0.6) is 0 Å². The molecule has 18 heavy (non-hydrogen) atoms. The maximum atomic E-state index is 6.25. The van der Waals surface area contributed by atoms with Gasteiger partial charge in [0.2, 0.25) is 0 Å². The van der Waals surface area contributed by atoms with Crippen LogP contribution in [0.1, 0.15) is 27.2 Å². The lowest BCUT2D eigenvalue weighted by Gasteiger charge is -2.36. The molecule has 0 aromatic heterocycles. The van der Waals surface area contributed by atoms with Crippen molar-refractivity contribution in [2.75, 3.05) is 14.2 Å². The van der Waals surface area contributed by atoms with Crippen LogP contribution >= 0.6 is 0 Å². The second-order valence-electron chi connectivity index (χ2n) is 6.50. The highest BCUT2D eigenvalue weighted by Gasteiger charge is 2.56. The largest absolute Gasteiger partial charge is 0.503 e. The Kier molecular flexibility index (Phi) is 5.62. The van der Waals surface area contributed by atoms with Crippen molar-refractivity contribution in [1.82, 2.24) is 0 Å². The lowest BCUT2D eigenvalue weighted by atomic mass is 10.1. The second kappa shape index (κ2) is 6.18. The van der Waals surface area contributed by atoms with Crippen LogP contribution in [0.4, 0.5) is 0 Å². The molecule has 1 saturated heterocycles. The van der Waals surface area contributed by atoms with Crippen LogP contribution < -0.4 is 0 Å². The van der Waals surface area contributed by atoms with Crippen molar-refractivity contribution < 1.29 is 13.3 Å². The topological polar surface area (TPSA) is 27.7 Å². The van der Waals surface area contributed by atoms with E-state index in [0.29, 0.717) is 11.5 Å². The molecule has 0 amide bonds. The Morgan fingerprint density at radius 1 is 1.22 bits per heavy atom. The van der Waals surface area contributed by atoms with Gasteiger partial charge in [-0.15, -0.1) is 0 Å². The van der Waals surface area contributed by atoms with Crippen LogP contribution in [0.15, 0.2) is 0 Å². The zero-order valence-electron chi connectivity index (χ0n) is 13.1. The summed E-state index contributed by atoms with van der Waals surface area (Å²) in [7, 11) is -0.0635. The molecule has 3 nitrogen and oxygen atoms in total. The minimum Gasteiger partial charge on any atom is -0.377 e. The zero-order valence-corrected chi connectivity index (χ0v) is 15.1. The minimum absolute atomic E-state index is 0.217. The molecule has 1 rings (SSSR count). The number of hydrogen-bond donors (Lipinski definition) is 0. The van der Waals surface area contributed by atoms with Crippen molar-refractivity contribution in [3.63, 3.8) is 0 Å². The number of hydrogen-bond acceptors (Lipinski definition) is 3. The molecule has 0 N–H and O–H groups in total. The SMILES string of the molecule is CCC(C)O[Si](OC)(OC)C1C[Si](C)(C)CC1C. The summed E-state index contributed by atoms with van der Waals surface area (Å²) in [5.41, 5.74) is 0.489. The highest BCUT2D eigenvalue weighted by atomic mass is 28.4. The lowest BCUT2D eigenvalue weighted by molar-refractivity contribution is 0.0497. The first kappa shape index (κ1) is 16.4. The molecule has 0 radical (unpaired) electrons. The Bertz CT molecular complexity index is 267. The molecule has 1 heterocycles. The van der Waals surface area contributed by atoms with E-state index >= 15 is 0 Å².